The molecule has 0 aliphatic heterocycles. The molecule has 0 saturated carbocycles. The summed E-state index contributed by atoms with van der Waals surface area (Å²) in [6, 6.07) is 0. The maximum absolute atomic E-state index is 8.74. The zero-order chi connectivity index (χ0) is 9.00. The molecule has 0 saturated heterocycles. The summed E-state index contributed by atoms with van der Waals surface area (Å²) in [6.45, 7) is 0. The van der Waals surface area contributed by atoms with E-state index in [0.717, 1.165) is 0 Å². The third kappa shape index (κ3) is 22600. The molecule has 25 heteroatoms. The van der Waals surface area contributed by atoms with Crippen LogP contribution < -0.4 is 0 Å². The van der Waals surface area contributed by atoms with Crippen LogP contribution in [0, 0.1) is 0 Å². The van der Waals surface area contributed by atoms with Gasteiger partial charge in [0.2, 0.25) is 0 Å². The van der Waals surface area contributed by atoms with Crippen LogP contribution in [0.25, 0.3) is 0 Å². The Labute approximate surface area is 178 Å². The van der Waals surface area contributed by atoms with Crippen LogP contribution in [0.3, 0.4) is 0 Å². The molecule has 0 heterocycles. The third-order valence-corrected chi connectivity index (χ3v) is 0. The Balaban J connectivity index is -0.00000000140. The fourth-order valence-corrected chi connectivity index (χ4v) is 0. The van der Waals surface area contributed by atoms with E-state index in [1.54, 1.807) is 0 Å². The minimum Gasteiger partial charge on any atom is -1.00 e. The van der Waals surface area contributed by atoms with Gasteiger partial charge in [-0.3, -0.25) is 18.2 Å². The van der Waals surface area contributed by atoms with Crippen molar-refractivity contribution in [3.8, 4) is 0 Å². The third-order valence-electron chi connectivity index (χ3n) is 0. The van der Waals surface area contributed by atoms with Gasteiger partial charge in [-0.2, -0.15) is 16.8 Å². The van der Waals surface area contributed by atoms with Crippen molar-refractivity contribution < 1.29 is 112 Å². The molecule has 0 unspecified atom stereocenters. The quantitative estimate of drug-likeness (QED) is 0.189. The summed E-state index contributed by atoms with van der Waals surface area (Å²) in [4.78, 5) is 0. The maximum atomic E-state index is 8.74. The minimum atomic E-state index is -4.67. The van der Waals surface area contributed by atoms with Crippen molar-refractivity contribution in [1.82, 2.24) is 0 Å². The van der Waals surface area contributed by atoms with Crippen LogP contribution in [-0.2, 0) is 20.8 Å². The van der Waals surface area contributed by atoms with Gasteiger partial charge in [0.1, 0.15) is 0 Å². The number of rotatable bonds is 0. The predicted octanol–water partition coefficient (Wildman–Crippen LogP) is -12.3. The summed E-state index contributed by atoms with van der Waals surface area (Å²) >= 11 is 0. The average Bonchev–Trinajstić information content (AvgIpc) is 1.12. The first-order valence-corrected chi connectivity index (χ1v) is 4.19. The molecule has 0 rings (SSSR count). The zero-order valence-corrected chi connectivity index (χ0v) is 16.6. The maximum Gasteiger partial charge on any atom is 2.00 e. The summed E-state index contributed by atoms with van der Waals surface area (Å²) in [5.41, 5.74) is 0. The van der Waals surface area contributed by atoms with Crippen molar-refractivity contribution in [2.75, 3.05) is 0 Å². The molecule has 0 atom stereocenters. The fraction of sp³-hybridized carbons (Fsp3) is 0. The Morgan fingerprint density at radius 2 is 0.360 bits per heavy atom. The van der Waals surface area contributed by atoms with Gasteiger partial charge >= 0.3 is 66.9 Å². The molecule has 0 radical (unpaired) electrons. The SMILES string of the molecule is O.O.O.O.O.O.O.O.O.O.O.O.O.O=S(=O)(O)O.O=S(=O)(O)O.[H-].[H-].[H-].[H-].[Mg+2].[Mg+2]. The van der Waals surface area contributed by atoms with Gasteiger partial charge in [0, 0.05) is 0 Å². The molecular formula is H34Mg2O21S2. The van der Waals surface area contributed by atoms with E-state index in [-0.39, 0.29) is 123 Å². The second kappa shape index (κ2) is 85.9. The van der Waals surface area contributed by atoms with Gasteiger partial charge in [-0.25, -0.2) is 0 Å². The van der Waals surface area contributed by atoms with E-state index in [1.165, 1.54) is 0 Å². The molecule has 0 aliphatic rings. The van der Waals surface area contributed by atoms with Crippen molar-refractivity contribution in [2.45, 2.75) is 0 Å². The fourth-order valence-electron chi connectivity index (χ4n) is 0. The Hall–Kier alpha value is 0.752. The van der Waals surface area contributed by atoms with Crippen molar-refractivity contribution in [3.05, 3.63) is 0 Å². The van der Waals surface area contributed by atoms with E-state index < -0.39 is 20.8 Å². The van der Waals surface area contributed by atoms with Gasteiger partial charge in [-0.05, 0) is 0 Å². The normalized spacial score (nSPS) is 4.64. The van der Waals surface area contributed by atoms with Gasteiger partial charge < -0.3 is 76.9 Å². The minimum absolute atomic E-state index is 0. The van der Waals surface area contributed by atoms with Crippen LogP contribution in [0.15, 0.2) is 0 Å². The van der Waals surface area contributed by atoms with Crippen LogP contribution >= 0.6 is 0 Å². The van der Waals surface area contributed by atoms with Gasteiger partial charge in [-0.1, -0.05) is 0 Å². The van der Waals surface area contributed by atoms with Gasteiger partial charge in [0.05, 0.1) is 0 Å². The van der Waals surface area contributed by atoms with Crippen LogP contribution in [0.5, 0.6) is 0 Å². The molecule has 0 spiro atoms. The Morgan fingerprint density at radius 3 is 0.360 bits per heavy atom. The summed E-state index contributed by atoms with van der Waals surface area (Å²) in [5, 5.41) is 0. The van der Waals surface area contributed by atoms with E-state index in [0.29, 0.717) is 0 Å². The summed E-state index contributed by atoms with van der Waals surface area (Å²) < 4.78 is 63.2. The van der Waals surface area contributed by atoms with Crippen molar-refractivity contribution in [3.63, 3.8) is 0 Å². The first-order chi connectivity index (χ1) is 4.00. The first kappa shape index (κ1) is 206. The van der Waals surface area contributed by atoms with E-state index in [9.17, 15) is 0 Å². The molecule has 0 aliphatic carbocycles. The van der Waals surface area contributed by atoms with Crippen LogP contribution in [0.4, 0.5) is 0 Å². The first-order valence-electron chi connectivity index (χ1n) is 1.40. The topological polar surface area (TPSA) is 559 Å². The van der Waals surface area contributed by atoms with E-state index in [2.05, 4.69) is 0 Å². The Kier molecular flexibility index (Phi) is 707. The van der Waals surface area contributed by atoms with E-state index >= 15 is 0 Å². The zero-order valence-electron chi connectivity index (χ0n) is 16.2. The largest absolute Gasteiger partial charge is 2.00 e. The van der Waals surface area contributed by atoms with E-state index in [1.807, 2.05) is 0 Å². The number of hydrogen-bond acceptors (Lipinski definition) is 4. The van der Waals surface area contributed by atoms with Crippen molar-refractivity contribution in [2.24, 2.45) is 0 Å². The molecule has 0 aromatic rings. The summed E-state index contributed by atoms with van der Waals surface area (Å²) in [5.74, 6) is 0. The molecule has 0 bridgehead atoms. The predicted molar refractivity (Wildman–Crippen MR) is 91.3 cm³/mol. The molecule has 176 valence electrons. The van der Waals surface area contributed by atoms with Gasteiger partial charge in [0.15, 0.2) is 0 Å². The van der Waals surface area contributed by atoms with E-state index in [4.69, 9.17) is 35.0 Å². The Bertz CT molecular complexity index is 233. The molecule has 25 heavy (non-hydrogen) atoms. The van der Waals surface area contributed by atoms with Gasteiger partial charge in [0.25, 0.3) is 0 Å². The Morgan fingerprint density at radius 1 is 0.360 bits per heavy atom. The van der Waals surface area contributed by atoms with Gasteiger partial charge in [-0.15, -0.1) is 0 Å². The second-order valence-corrected chi connectivity index (χ2v) is 2.69. The van der Waals surface area contributed by atoms with Crippen LogP contribution in [0.2, 0.25) is 0 Å². The van der Waals surface area contributed by atoms with Crippen molar-refractivity contribution in [1.29, 1.82) is 0 Å². The molecule has 21 nitrogen and oxygen atoms in total. The molecular weight excluding hydrogens is 449 g/mol. The summed E-state index contributed by atoms with van der Waals surface area (Å²) in [7, 11) is -9.33. The van der Waals surface area contributed by atoms with Crippen molar-refractivity contribution >= 4 is 66.9 Å². The molecule has 30 N–H and O–H groups in total. The standard InChI is InChI=1S/2Mg.2H2O4S.13H2O.4H/c;;2*1-5(2,3)4;;;;;;;;;;;;;;;;;/h;;2*(H2,1,2,3,4);13*1H2;;;;/q2*+2;;;;;;;;;;;;;;;;4*-1. The average molecular weight is 483 g/mol. The molecule has 0 amide bonds. The second-order valence-electron chi connectivity index (χ2n) is 0.896. The molecule has 0 aromatic carbocycles. The number of hydrogen-bond donors (Lipinski definition) is 4. The van der Waals surface area contributed by atoms with Crippen LogP contribution in [0.1, 0.15) is 5.71 Å². The molecule has 0 fully saturated rings. The summed E-state index contributed by atoms with van der Waals surface area (Å²) in [6.07, 6.45) is 0. The molecule has 0 aromatic heterocycles. The smallest absolute Gasteiger partial charge is 1.00 e. The monoisotopic (exact) mass is 482 g/mol. The van der Waals surface area contributed by atoms with Crippen LogP contribution in [-0.4, -0.2) is 152 Å².